The number of ether oxygens (including phenoxy) is 1. The maximum absolute atomic E-state index is 9.12. The number of rotatable bonds is 2. The number of pyridine rings is 1. The average molecular weight is 352 g/mol. The zero-order valence-corrected chi connectivity index (χ0v) is 14.5. The van der Waals surface area contributed by atoms with Crippen LogP contribution in [0.4, 0.5) is 0 Å². The number of aromatic nitrogens is 3. The first-order valence-electron chi connectivity index (χ1n) is 8.86. The van der Waals surface area contributed by atoms with Gasteiger partial charge in [-0.3, -0.25) is 4.98 Å². The van der Waals surface area contributed by atoms with Crippen LogP contribution in [-0.2, 0) is 6.42 Å². The topological polar surface area (TPSA) is 74.6 Å². The van der Waals surface area contributed by atoms with Crippen LogP contribution in [0.1, 0.15) is 22.9 Å². The van der Waals surface area contributed by atoms with E-state index in [0.29, 0.717) is 12.2 Å². The van der Waals surface area contributed by atoms with Crippen molar-refractivity contribution in [2.45, 2.75) is 12.3 Å². The van der Waals surface area contributed by atoms with Crippen molar-refractivity contribution >= 4 is 11.0 Å². The van der Waals surface area contributed by atoms with Gasteiger partial charge in [-0.25, -0.2) is 4.98 Å². The molecule has 0 bridgehead atoms. The summed E-state index contributed by atoms with van der Waals surface area (Å²) in [6.07, 6.45) is 4.40. The molecular weight excluding hydrogens is 336 g/mol. The van der Waals surface area contributed by atoms with Crippen LogP contribution in [-0.4, -0.2) is 21.6 Å². The highest BCUT2D eigenvalue weighted by Crippen LogP contribution is 2.33. The lowest BCUT2D eigenvalue weighted by Crippen LogP contribution is -2.20. The number of hydrogen-bond donors (Lipinski definition) is 1. The number of aromatic amines is 1. The number of nitrogens with zero attached hydrogens (tertiary/aromatic N) is 3. The molecule has 0 amide bonds. The Morgan fingerprint density at radius 3 is 2.78 bits per heavy atom. The molecule has 0 fully saturated rings. The van der Waals surface area contributed by atoms with Crippen molar-refractivity contribution in [1.29, 1.82) is 5.26 Å². The van der Waals surface area contributed by atoms with Crippen LogP contribution in [0, 0.1) is 11.3 Å². The molecule has 5 rings (SSSR count). The lowest BCUT2D eigenvalue weighted by atomic mass is 9.95. The van der Waals surface area contributed by atoms with Crippen molar-refractivity contribution < 1.29 is 4.74 Å². The number of hydrogen-bond acceptors (Lipinski definition) is 4. The van der Waals surface area contributed by atoms with Gasteiger partial charge in [0.15, 0.2) is 0 Å². The number of imidazole rings is 1. The third-order valence-corrected chi connectivity index (χ3v) is 5.00. The van der Waals surface area contributed by atoms with Crippen LogP contribution in [0.15, 0.2) is 60.9 Å². The molecule has 0 spiro atoms. The smallest absolute Gasteiger partial charge is 0.122 e. The van der Waals surface area contributed by atoms with E-state index in [1.54, 1.807) is 18.5 Å². The fraction of sp³-hybridized carbons (Fsp3) is 0.136. The Bertz CT molecular complexity index is 1170. The predicted molar refractivity (Wildman–Crippen MR) is 102 cm³/mol. The van der Waals surface area contributed by atoms with Gasteiger partial charge in [0, 0.05) is 12.4 Å². The van der Waals surface area contributed by atoms with Crippen molar-refractivity contribution in [2.24, 2.45) is 0 Å². The van der Waals surface area contributed by atoms with E-state index in [1.165, 1.54) is 0 Å². The molecule has 130 valence electrons. The van der Waals surface area contributed by atoms with Gasteiger partial charge in [0.25, 0.3) is 0 Å². The van der Waals surface area contributed by atoms with Gasteiger partial charge < -0.3 is 9.72 Å². The molecule has 1 unspecified atom stereocenters. The minimum Gasteiger partial charge on any atom is -0.493 e. The second-order valence-corrected chi connectivity index (χ2v) is 6.74. The molecule has 1 atom stereocenters. The number of benzene rings is 2. The minimum absolute atomic E-state index is 0.142. The molecule has 0 saturated heterocycles. The SMILES string of the molecule is N#Cc1ccc2c(c1)CC(c1nc3ccc(-c4ccncc4)cc3[nH]1)CO2. The lowest BCUT2D eigenvalue weighted by molar-refractivity contribution is 0.258. The van der Waals surface area contributed by atoms with E-state index in [4.69, 9.17) is 15.0 Å². The number of nitrogens with one attached hydrogen (secondary N) is 1. The Morgan fingerprint density at radius 1 is 1.04 bits per heavy atom. The largest absolute Gasteiger partial charge is 0.493 e. The second-order valence-electron chi connectivity index (χ2n) is 6.74. The van der Waals surface area contributed by atoms with Crippen LogP contribution in [0.5, 0.6) is 5.75 Å². The molecule has 27 heavy (non-hydrogen) atoms. The summed E-state index contributed by atoms with van der Waals surface area (Å²) in [6, 6.07) is 18.0. The Morgan fingerprint density at radius 2 is 1.93 bits per heavy atom. The monoisotopic (exact) mass is 352 g/mol. The third kappa shape index (κ3) is 2.81. The van der Waals surface area contributed by atoms with Gasteiger partial charge in [0.2, 0.25) is 0 Å². The molecule has 3 heterocycles. The first-order chi connectivity index (χ1) is 13.3. The van der Waals surface area contributed by atoms with E-state index >= 15 is 0 Å². The zero-order chi connectivity index (χ0) is 18.2. The normalized spacial score (nSPS) is 15.7. The quantitative estimate of drug-likeness (QED) is 0.586. The van der Waals surface area contributed by atoms with E-state index in [-0.39, 0.29) is 5.92 Å². The molecule has 1 aliphatic heterocycles. The minimum atomic E-state index is 0.142. The standard InChI is InChI=1S/C22H16N4O/c23-12-14-1-4-21-17(9-14)10-18(13-27-21)22-25-19-3-2-16(11-20(19)26-22)15-5-7-24-8-6-15/h1-9,11,18H,10,13H2,(H,25,26). The van der Waals surface area contributed by atoms with Gasteiger partial charge in [-0.05, 0) is 65.6 Å². The van der Waals surface area contributed by atoms with Crippen molar-refractivity contribution in [3.05, 3.63) is 77.9 Å². The van der Waals surface area contributed by atoms with Crippen LogP contribution >= 0.6 is 0 Å². The Kier molecular flexibility index (Phi) is 3.61. The Hall–Kier alpha value is -3.65. The molecule has 0 radical (unpaired) electrons. The first kappa shape index (κ1) is 15.6. The Labute approximate surface area is 156 Å². The van der Waals surface area contributed by atoms with Crippen LogP contribution < -0.4 is 4.74 Å². The fourth-order valence-corrected chi connectivity index (χ4v) is 3.59. The average Bonchev–Trinajstić information content (AvgIpc) is 3.17. The molecule has 1 aliphatic rings. The third-order valence-electron chi connectivity index (χ3n) is 5.00. The van der Waals surface area contributed by atoms with Gasteiger partial charge in [-0.2, -0.15) is 5.26 Å². The summed E-state index contributed by atoms with van der Waals surface area (Å²) < 4.78 is 5.90. The van der Waals surface area contributed by atoms with E-state index in [2.05, 4.69) is 28.2 Å². The summed E-state index contributed by atoms with van der Waals surface area (Å²) >= 11 is 0. The van der Waals surface area contributed by atoms with Gasteiger partial charge in [0.05, 0.1) is 35.2 Å². The summed E-state index contributed by atoms with van der Waals surface area (Å²) in [4.78, 5) is 12.3. The molecule has 5 nitrogen and oxygen atoms in total. The van der Waals surface area contributed by atoms with E-state index in [1.807, 2.05) is 30.3 Å². The predicted octanol–water partition coefficient (Wildman–Crippen LogP) is 4.22. The Balaban J connectivity index is 1.48. The van der Waals surface area contributed by atoms with Gasteiger partial charge in [-0.1, -0.05) is 6.07 Å². The van der Waals surface area contributed by atoms with E-state index in [9.17, 15) is 0 Å². The maximum Gasteiger partial charge on any atom is 0.122 e. The van der Waals surface area contributed by atoms with Crippen molar-refractivity contribution in [2.75, 3.05) is 6.61 Å². The van der Waals surface area contributed by atoms with Crippen molar-refractivity contribution in [1.82, 2.24) is 15.0 Å². The lowest BCUT2D eigenvalue weighted by Gasteiger charge is -2.24. The number of nitriles is 1. The molecule has 1 N–H and O–H groups in total. The first-order valence-corrected chi connectivity index (χ1v) is 8.86. The summed E-state index contributed by atoms with van der Waals surface area (Å²) in [7, 11) is 0. The van der Waals surface area contributed by atoms with Gasteiger partial charge in [0.1, 0.15) is 11.6 Å². The molecule has 4 aromatic rings. The van der Waals surface area contributed by atoms with Crippen LogP contribution in [0.25, 0.3) is 22.2 Å². The highest BCUT2D eigenvalue weighted by molar-refractivity contribution is 5.82. The second kappa shape index (κ2) is 6.26. The maximum atomic E-state index is 9.12. The van der Waals surface area contributed by atoms with Gasteiger partial charge in [-0.15, -0.1) is 0 Å². The summed E-state index contributed by atoms with van der Waals surface area (Å²) in [5.41, 5.74) is 5.93. The number of H-pyrrole nitrogens is 1. The van der Waals surface area contributed by atoms with Crippen molar-refractivity contribution in [3.8, 4) is 22.9 Å². The molecular formula is C22H16N4O. The highest BCUT2D eigenvalue weighted by Gasteiger charge is 2.24. The highest BCUT2D eigenvalue weighted by atomic mass is 16.5. The van der Waals surface area contributed by atoms with Gasteiger partial charge >= 0.3 is 0 Å². The summed E-state index contributed by atoms with van der Waals surface area (Å²) in [6.45, 7) is 0.579. The molecule has 2 aromatic heterocycles. The summed E-state index contributed by atoms with van der Waals surface area (Å²) in [5, 5.41) is 9.12. The summed E-state index contributed by atoms with van der Waals surface area (Å²) in [5.74, 6) is 1.93. The van der Waals surface area contributed by atoms with Crippen molar-refractivity contribution in [3.63, 3.8) is 0 Å². The van der Waals surface area contributed by atoms with E-state index in [0.717, 1.165) is 45.7 Å². The fourth-order valence-electron chi connectivity index (χ4n) is 3.59. The number of fused-ring (bicyclic) bond motifs is 2. The molecule has 0 aliphatic carbocycles. The molecule has 5 heteroatoms. The molecule has 0 saturated carbocycles. The van der Waals surface area contributed by atoms with Crippen LogP contribution in [0.2, 0.25) is 0 Å². The molecule has 2 aromatic carbocycles. The van der Waals surface area contributed by atoms with E-state index < -0.39 is 0 Å². The zero-order valence-electron chi connectivity index (χ0n) is 14.5. The van der Waals surface area contributed by atoms with Crippen LogP contribution in [0.3, 0.4) is 0 Å².